The molecule has 0 spiro atoms. The average Bonchev–Trinajstić information content (AvgIpc) is 2.12. The molecule has 0 saturated carbocycles. The van der Waals surface area contributed by atoms with Gasteiger partial charge in [0.1, 0.15) is 0 Å². The molecule has 0 fully saturated rings. The van der Waals surface area contributed by atoms with Crippen LogP contribution in [0.5, 0.6) is 0 Å². The van der Waals surface area contributed by atoms with E-state index in [0.717, 1.165) is 0 Å². The zero-order chi connectivity index (χ0) is 13.4. The second kappa shape index (κ2) is 10.9. The molecule has 0 aromatic rings. The molecule has 0 rings (SSSR count). The number of carboxylic acid groups (broad SMARTS) is 2. The summed E-state index contributed by atoms with van der Waals surface area (Å²) >= 11 is 0. The molecule has 0 aliphatic rings. The van der Waals surface area contributed by atoms with Crippen molar-refractivity contribution in [1.29, 1.82) is 0 Å². The number of nitrogens with two attached hydrogens (primary N) is 1. The molecular weight excluding hydrogens is 269 g/mol. The molecule has 0 aliphatic heterocycles. The van der Waals surface area contributed by atoms with Gasteiger partial charge in [-0.1, -0.05) is 0 Å². The number of aliphatic hydroxyl groups excluding tert-OH is 1. The summed E-state index contributed by atoms with van der Waals surface area (Å²) in [5.74, 6) is -3.50. The first kappa shape index (κ1) is 22.0. The van der Waals surface area contributed by atoms with Crippen LogP contribution in [0, 0.1) is 0 Å². The molecule has 0 aliphatic carbocycles. The van der Waals surface area contributed by atoms with Gasteiger partial charge in [-0.15, -0.1) is 0 Å². The number of rotatable bonds is 5. The van der Waals surface area contributed by atoms with Crippen molar-refractivity contribution in [1.82, 2.24) is 0 Å². The molecule has 11 heteroatoms. The van der Waals surface area contributed by atoms with Crippen LogP contribution in [-0.4, -0.2) is 88.2 Å². The van der Waals surface area contributed by atoms with E-state index in [0.29, 0.717) is 6.54 Å². The minimum absolute atomic E-state index is 0. The van der Waals surface area contributed by atoms with Crippen LogP contribution in [0.2, 0.25) is 0 Å². The summed E-state index contributed by atoms with van der Waals surface area (Å²) in [6, 6.07) is 0. The van der Waals surface area contributed by atoms with Gasteiger partial charge in [-0.3, -0.25) is 14.1 Å². The van der Waals surface area contributed by atoms with E-state index >= 15 is 0 Å². The van der Waals surface area contributed by atoms with E-state index in [1.807, 2.05) is 0 Å². The second-order valence-corrected chi connectivity index (χ2v) is 4.05. The van der Waals surface area contributed by atoms with E-state index in [1.165, 1.54) is 0 Å². The fourth-order valence-electron chi connectivity index (χ4n) is 0.479. The van der Waals surface area contributed by atoms with Crippen molar-refractivity contribution in [2.45, 2.75) is 11.7 Å². The third-order valence-corrected chi connectivity index (χ3v) is 2.21. The van der Waals surface area contributed by atoms with E-state index in [4.69, 9.17) is 25.6 Å². The molecule has 98 valence electrons. The zero-order valence-corrected chi connectivity index (χ0v) is 8.92. The van der Waals surface area contributed by atoms with E-state index in [-0.39, 0.29) is 36.2 Å². The van der Waals surface area contributed by atoms with Gasteiger partial charge < -0.3 is 21.1 Å². The molecule has 1 unspecified atom stereocenters. The molecule has 17 heavy (non-hydrogen) atoms. The Bertz CT molecular complexity index is 327. The molecule has 1 atom stereocenters. The first-order chi connectivity index (χ1) is 7.16. The summed E-state index contributed by atoms with van der Waals surface area (Å²) in [5.41, 5.74) is 4.78. The Kier molecular flexibility index (Phi) is 14.1. The van der Waals surface area contributed by atoms with Gasteiger partial charge in [0.25, 0.3) is 10.1 Å². The normalized spacial score (nSPS) is 11.5. The van der Waals surface area contributed by atoms with Crippen LogP contribution in [0.3, 0.4) is 0 Å². The predicted octanol–water partition coefficient (Wildman–Crippen LogP) is -2.91. The summed E-state index contributed by atoms with van der Waals surface area (Å²) in [4.78, 5) is 20.0. The SMILES string of the molecule is NCCO.O=C(O)CC(C(=O)O)S(=O)(=O)O.[NaH]. The predicted molar refractivity (Wildman–Crippen MR) is 58.5 cm³/mol. The molecule has 0 radical (unpaired) electrons. The van der Waals surface area contributed by atoms with Gasteiger partial charge in [0, 0.05) is 6.54 Å². The number of carbonyl (C=O) groups is 2. The summed E-state index contributed by atoms with van der Waals surface area (Å²) in [7, 11) is -4.84. The molecule has 0 amide bonds. The Labute approximate surface area is 120 Å². The van der Waals surface area contributed by atoms with Gasteiger partial charge in [0.2, 0.25) is 0 Å². The van der Waals surface area contributed by atoms with Gasteiger partial charge in [-0.25, -0.2) is 0 Å². The number of hydrogen-bond donors (Lipinski definition) is 5. The van der Waals surface area contributed by atoms with Gasteiger partial charge in [0.05, 0.1) is 13.0 Å². The van der Waals surface area contributed by atoms with E-state index in [9.17, 15) is 18.0 Å². The van der Waals surface area contributed by atoms with Crippen molar-refractivity contribution >= 4 is 51.6 Å². The quantitative estimate of drug-likeness (QED) is 0.261. The van der Waals surface area contributed by atoms with Crippen LogP contribution in [0.15, 0.2) is 0 Å². The zero-order valence-electron chi connectivity index (χ0n) is 8.11. The van der Waals surface area contributed by atoms with Crippen LogP contribution in [0.25, 0.3) is 0 Å². The fraction of sp³-hybridized carbons (Fsp3) is 0.667. The average molecular weight is 283 g/mol. The van der Waals surface area contributed by atoms with Gasteiger partial charge >= 0.3 is 41.5 Å². The molecular formula is C6H14NNaO8S. The standard InChI is InChI=1S/C4H6O7S.C2H7NO.Na.H/c5-3(6)1-2(4(7)8)12(9,10)11;3-1-2-4;;/h2H,1H2,(H,5,6)(H,7,8)(H,9,10,11);4H,1-3H2;;. The third kappa shape index (κ3) is 13.7. The summed E-state index contributed by atoms with van der Waals surface area (Å²) < 4.78 is 28.7. The first-order valence-corrected chi connectivity index (χ1v) is 5.39. The molecule has 0 aromatic carbocycles. The van der Waals surface area contributed by atoms with E-state index < -0.39 is 33.7 Å². The van der Waals surface area contributed by atoms with E-state index in [2.05, 4.69) is 0 Å². The number of hydrogen-bond acceptors (Lipinski definition) is 6. The van der Waals surface area contributed by atoms with Crippen molar-refractivity contribution in [3.05, 3.63) is 0 Å². The van der Waals surface area contributed by atoms with Crippen molar-refractivity contribution in [2.24, 2.45) is 5.73 Å². The van der Waals surface area contributed by atoms with Crippen LogP contribution in [-0.2, 0) is 19.7 Å². The number of aliphatic carboxylic acids is 2. The maximum absolute atomic E-state index is 10.2. The fourth-order valence-corrected chi connectivity index (χ4v) is 1.09. The summed E-state index contributed by atoms with van der Waals surface area (Å²) in [5, 5.41) is 21.7. The van der Waals surface area contributed by atoms with Crippen molar-refractivity contribution in [3.63, 3.8) is 0 Å². The third-order valence-electron chi connectivity index (χ3n) is 1.12. The Morgan fingerprint density at radius 2 is 1.59 bits per heavy atom. The van der Waals surface area contributed by atoms with Crippen molar-refractivity contribution < 1.29 is 37.9 Å². The Balaban J connectivity index is -0.000000340. The molecule has 0 bridgehead atoms. The molecule has 0 aromatic heterocycles. The van der Waals surface area contributed by atoms with Crippen LogP contribution in [0.1, 0.15) is 6.42 Å². The Morgan fingerprint density at radius 1 is 1.24 bits per heavy atom. The van der Waals surface area contributed by atoms with E-state index in [1.54, 1.807) is 0 Å². The molecule has 0 heterocycles. The van der Waals surface area contributed by atoms with Gasteiger partial charge in [-0.05, 0) is 0 Å². The molecule has 9 nitrogen and oxygen atoms in total. The van der Waals surface area contributed by atoms with Crippen molar-refractivity contribution in [2.75, 3.05) is 13.2 Å². The number of aliphatic hydroxyl groups is 1. The van der Waals surface area contributed by atoms with Crippen LogP contribution < -0.4 is 5.73 Å². The topological polar surface area (TPSA) is 175 Å². The Morgan fingerprint density at radius 3 is 1.65 bits per heavy atom. The summed E-state index contributed by atoms with van der Waals surface area (Å²) in [6.45, 7) is 0.472. The minimum atomic E-state index is -4.84. The summed E-state index contributed by atoms with van der Waals surface area (Å²) in [6.07, 6.45) is -1.16. The van der Waals surface area contributed by atoms with Crippen LogP contribution in [0.4, 0.5) is 0 Å². The monoisotopic (exact) mass is 283 g/mol. The first-order valence-electron chi connectivity index (χ1n) is 3.88. The van der Waals surface area contributed by atoms with Gasteiger partial charge in [-0.2, -0.15) is 8.42 Å². The second-order valence-electron chi connectivity index (χ2n) is 2.45. The van der Waals surface area contributed by atoms with Gasteiger partial charge in [0.15, 0.2) is 5.25 Å². The number of carboxylic acids is 2. The Hall–Kier alpha value is -0.230. The molecule has 0 saturated heterocycles. The van der Waals surface area contributed by atoms with Crippen LogP contribution >= 0.6 is 0 Å². The van der Waals surface area contributed by atoms with Crippen molar-refractivity contribution in [3.8, 4) is 0 Å². The maximum atomic E-state index is 10.2. The molecule has 6 N–H and O–H groups in total.